The van der Waals surface area contributed by atoms with Crippen LogP contribution in [0.15, 0.2) is 42.9 Å². The molecule has 92 valence electrons. The van der Waals surface area contributed by atoms with Crippen molar-refractivity contribution in [1.82, 2.24) is 15.3 Å². The topological polar surface area (TPSA) is 80.9 Å². The normalized spacial score (nSPS) is 11.8. The molecule has 1 atom stereocenters. The highest BCUT2D eigenvalue weighted by molar-refractivity contribution is 5.98. The maximum Gasteiger partial charge on any atom is 0.254 e. The number of nitrogens with zero attached hydrogens (tertiary/aromatic N) is 2. The van der Waals surface area contributed by atoms with Gasteiger partial charge in [-0.05, 0) is 25.1 Å². The molecule has 5 nitrogen and oxygen atoms in total. The summed E-state index contributed by atoms with van der Waals surface area (Å²) >= 11 is 0. The molecule has 0 bridgehead atoms. The second kappa shape index (κ2) is 5.27. The van der Waals surface area contributed by atoms with Crippen molar-refractivity contribution in [2.45, 2.75) is 13.0 Å². The van der Waals surface area contributed by atoms with Crippen molar-refractivity contribution in [3.05, 3.63) is 54.1 Å². The third kappa shape index (κ3) is 2.63. The molecule has 0 spiro atoms. The number of nitrogen functional groups attached to an aromatic ring is 1. The van der Waals surface area contributed by atoms with Crippen molar-refractivity contribution in [2.24, 2.45) is 0 Å². The number of hydrogen-bond donors (Lipinski definition) is 2. The van der Waals surface area contributed by atoms with Gasteiger partial charge in [0.2, 0.25) is 0 Å². The van der Waals surface area contributed by atoms with Crippen molar-refractivity contribution >= 4 is 11.6 Å². The number of aromatic nitrogens is 2. The minimum Gasteiger partial charge on any atom is -0.397 e. The maximum atomic E-state index is 12.0. The van der Waals surface area contributed by atoms with Crippen molar-refractivity contribution < 1.29 is 4.79 Å². The van der Waals surface area contributed by atoms with Gasteiger partial charge in [-0.3, -0.25) is 14.8 Å². The zero-order valence-electron chi connectivity index (χ0n) is 10.00. The molecule has 3 N–H and O–H groups in total. The van der Waals surface area contributed by atoms with E-state index in [4.69, 9.17) is 5.73 Å². The fraction of sp³-hybridized carbons (Fsp3) is 0.154. The Morgan fingerprint density at radius 1 is 1.33 bits per heavy atom. The Hall–Kier alpha value is -2.43. The van der Waals surface area contributed by atoms with E-state index in [-0.39, 0.29) is 11.9 Å². The van der Waals surface area contributed by atoms with Gasteiger partial charge in [0, 0.05) is 12.4 Å². The average molecular weight is 242 g/mol. The maximum absolute atomic E-state index is 12.0. The summed E-state index contributed by atoms with van der Waals surface area (Å²) in [5.41, 5.74) is 7.29. The lowest BCUT2D eigenvalue weighted by Gasteiger charge is -2.13. The molecule has 0 aliphatic rings. The van der Waals surface area contributed by atoms with E-state index in [1.807, 2.05) is 25.1 Å². The number of nitrogens with two attached hydrogens (primary N) is 1. The SMILES string of the molecule is CC(NC(=O)c1ccncc1N)c1ccccn1. The molecule has 18 heavy (non-hydrogen) atoms. The number of nitrogens with one attached hydrogen (secondary N) is 1. The van der Waals surface area contributed by atoms with Gasteiger partial charge >= 0.3 is 0 Å². The molecule has 0 aliphatic heterocycles. The zero-order chi connectivity index (χ0) is 13.0. The highest BCUT2D eigenvalue weighted by atomic mass is 16.1. The van der Waals surface area contributed by atoms with E-state index < -0.39 is 0 Å². The summed E-state index contributed by atoms with van der Waals surface area (Å²) in [6.07, 6.45) is 4.69. The fourth-order valence-corrected chi connectivity index (χ4v) is 1.59. The lowest BCUT2D eigenvalue weighted by molar-refractivity contribution is 0.0940. The Morgan fingerprint density at radius 2 is 2.17 bits per heavy atom. The molecule has 1 amide bonds. The third-order valence-electron chi connectivity index (χ3n) is 2.58. The van der Waals surface area contributed by atoms with Crippen LogP contribution in [-0.2, 0) is 0 Å². The van der Waals surface area contributed by atoms with Crippen molar-refractivity contribution in [3.63, 3.8) is 0 Å². The van der Waals surface area contributed by atoms with Gasteiger partial charge in [0.25, 0.3) is 5.91 Å². The van der Waals surface area contributed by atoms with E-state index in [9.17, 15) is 4.79 Å². The van der Waals surface area contributed by atoms with Gasteiger partial charge in [-0.15, -0.1) is 0 Å². The molecule has 0 saturated carbocycles. The highest BCUT2D eigenvalue weighted by Crippen LogP contribution is 2.12. The summed E-state index contributed by atoms with van der Waals surface area (Å²) in [6.45, 7) is 1.87. The Kier molecular flexibility index (Phi) is 3.52. The minimum atomic E-state index is -0.229. The number of carbonyl (C=O) groups excluding carboxylic acids is 1. The molecule has 2 aromatic rings. The number of hydrogen-bond acceptors (Lipinski definition) is 4. The molecule has 2 heterocycles. The van der Waals surface area contributed by atoms with Crippen LogP contribution in [0.3, 0.4) is 0 Å². The van der Waals surface area contributed by atoms with Gasteiger partial charge in [-0.2, -0.15) is 0 Å². The average Bonchev–Trinajstić information content (AvgIpc) is 2.40. The van der Waals surface area contributed by atoms with Gasteiger partial charge in [0.1, 0.15) is 0 Å². The lowest BCUT2D eigenvalue weighted by atomic mass is 10.1. The number of pyridine rings is 2. The first-order valence-electron chi connectivity index (χ1n) is 5.60. The molecular formula is C13H14N4O. The monoisotopic (exact) mass is 242 g/mol. The van der Waals surface area contributed by atoms with E-state index in [0.29, 0.717) is 11.3 Å². The summed E-state index contributed by atoms with van der Waals surface area (Å²) in [7, 11) is 0. The first-order valence-corrected chi connectivity index (χ1v) is 5.60. The first-order chi connectivity index (χ1) is 8.68. The number of anilines is 1. The number of amides is 1. The van der Waals surface area contributed by atoms with Crippen LogP contribution < -0.4 is 11.1 Å². The van der Waals surface area contributed by atoms with E-state index in [0.717, 1.165) is 5.69 Å². The van der Waals surface area contributed by atoms with Crippen molar-refractivity contribution in [3.8, 4) is 0 Å². The fourth-order valence-electron chi connectivity index (χ4n) is 1.59. The number of rotatable bonds is 3. The highest BCUT2D eigenvalue weighted by Gasteiger charge is 2.13. The Bertz CT molecular complexity index is 542. The van der Waals surface area contributed by atoms with Crippen molar-refractivity contribution in [2.75, 3.05) is 5.73 Å². The molecule has 0 aliphatic carbocycles. The summed E-state index contributed by atoms with van der Waals surface area (Å²) in [6, 6.07) is 6.99. The van der Waals surface area contributed by atoms with Crippen LogP contribution in [0, 0.1) is 0 Å². The van der Waals surface area contributed by atoms with Crippen LogP contribution in [0.5, 0.6) is 0 Å². The molecule has 5 heteroatoms. The third-order valence-corrected chi connectivity index (χ3v) is 2.58. The van der Waals surface area contributed by atoms with Crippen LogP contribution in [0.1, 0.15) is 29.0 Å². The van der Waals surface area contributed by atoms with E-state index in [1.54, 1.807) is 12.3 Å². The summed E-state index contributed by atoms with van der Waals surface area (Å²) < 4.78 is 0. The van der Waals surface area contributed by atoms with Gasteiger partial charge in [0.05, 0.1) is 29.2 Å². The van der Waals surface area contributed by atoms with Gasteiger partial charge in [-0.25, -0.2) is 0 Å². The largest absolute Gasteiger partial charge is 0.397 e. The van der Waals surface area contributed by atoms with Gasteiger partial charge in [-0.1, -0.05) is 6.07 Å². The minimum absolute atomic E-state index is 0.175. The predicted molar refractivity (Wildman–Crippen MR) is 68.8 cm³/mol. The lowest BCUT2D eigenvalue weighted by Crippen LogP contribution is -2.27. The molecule has 0 fully saturated rings. The van der Waals surface area contributed by atoms with Crippen LogP contribution >= 0.6 is 0 Å². The van der Waals surface area contributed by atoms with Crippen LogP contribution in [-0.4, -0.2) is 15.9 Å². The standard InChI is InChI=1S/C13H14N4O/c1-9(12-4-2-3-6-16-12)17-13(18)10-5-7-15-8-11(10)14/h2-9H,14H2,1H3,(H,17,18). The quantitative estimate of drug-likeness (QED) is 0.855. The Morgan fingerprint density at radius 3 is 2.83 bits per heavy atom. The summed E-state index contributed by atoms with van der Waals surface area (Å²) in [4.78, 5) is 20.0. The van der Waals surface area contributed by atoms with Crippen LogP contribution in [0.2, 0.25) is 0 Å². The van der Waals surface area contributed by atoms with Gasteiger partial charge in [0.15, 0.2) is 0 Å². The second-order valence-corrected chi connectivity index (χ2v) is 3.91. The molecule has 2 aromatic heterocycles. The molecule has 2 rings (SSSR count). The second-order valence-electron chi connectivity index (χ2n) is 3.91. The van der Waals surface area contributed by atoms with Gasteiger partial charge < -0.3 is 11.1 Å². The van der Waals surface area contributed by atoms with Crippen LogP contribution in [0.25, 0.3) is 0 Å². The summed E-state index contributed by atoms with van der Waals surface area (Å²) in [5.74, 6) is -0.229. The number of carbonyl (C=O) groups is 1. The van der Waals surface area contributed by atoms with E-state index in [1.165, 1.54) is 12.4 Å². The van der Waals surface area contributed by atoms with E-state index in [2.05, 4.69) is 15.3 Å². The Labute approximate surface area is 105 Å². The molecule has 0 radical (unpaired) electrons. The Balaban J connectivity index is 2.11. The van der Waals surface area contributed by atoms with E-state index >= 15 is 0 Å². The zero-order valence-corrected chi connectivity index (χ0v) is 10.00. The smallest absolute Gasteiger partial charge is 0.254 e. The molecule has 0 aromatic carbocycles. The van der Waals surface area contributed by atoms with Crippen molar-refractivity contribution in [1.29, 1.82) is 0 Å². The summed E-state index contributed by atoms with van der Waals surface area (Å²) in [5, 5.41) is 2.84. The molecule has 1 unspecified atom stereocenters. The van der Waals surface area contributed by atoms with Crippen LogP contribution in [0.4, 0.5) is 5.69 Å². The first kappa shape index (κ1) is 12.0. The predicted octanol–water partition coefficient (Wildman–Crippen LogP) is 1.55. The molecule has 0 saturated heterocycles. The molecular weight excluding hydrogens is 228 g/mol.